The second-order valence-corrected chi connectivity index (χ2v) is 4.30. The third-order valence-corrected chi connectivity index (χ3v) is 3.01. The van der Waals surface area contributed by atoms with Crippen LogP contribution in [-0.4, -0.2) is 18.6 Å². The number of anilines is 1. The van der Waals surface area contributed by atoms with Gasteiger partial charge in [-0.2, -0.15) is 0 Å². The molecule has 1 heterocycles. The Hall–Kier alpha value is -0.760. The Kier molecular flexibility index (Phi) is 4.89. The van der Waals surface area contributed by atoms with Gasteiger partial charge < -0.3 is 4.90 Å². The van der Waals surface area contributed by atoms with E-state index in [1.807, 2.05) is 12.3 Å². The molecule has 0 spiro atoms. The van der Waals surface area contributed by atoms with Gasteiger partial charge in [-0.3, -0.25) is 4.98 Å². The fraction of sp³-hybridized carbons (Fsp3) is 0.583. The molecule has 0 aliphatic rings. The van der Waals surface area contributed by atoms with Crippen molar-refractivity contribution >= 4 is 17.3 Å². The molecule has 0 amide bonds. The summed E-state index contributed by atoms with van der Waals surface area (Å²) in [6, 6.07) is 1.98. The van der Waals surface area contributed by atoms with Gasteiger partial charge in [-0.25, -0.2) is 0 Å². The Labute approximate surface area is 97.3 Å². The molecule has 0 aromatic carbocycles. The van der Waals surface area contributed by atoms with Crippen molar-refractivity contribution in [2.75, 3.05) is 18.5 Å². The lowest BCUT2D eigenvalue weighted by molar-refractivity contribution is 0.559. The molecule has 2 nitrogen and oxygen atoms in total. The molecule has 0 saturated carbocycles. The van der Waals surface area contributed by atoms with E-state index in [1.54, 1.807) is 6.20 Å². The van der Waals surface area contributed by atoms with Crippen molar-refractivity contribution in [3.8, 4) is 0 Å². The van der Waals surface area contributed by atoms with Crippen molar-refractivity contribution in [3.05, 3.63) is 24.0 Å². The fourth-order valence-corrected chi connectivity index (χ4v) is 1.79. The Morgan fingerprint density at radius 2 is 2.27 bits per heavy atom. The highest BCUT2D eigenvalue weighted by Crippen LogP contribution is 2.20. The number of aromatic nitrogens is 1. The van der Waals surface area contributed by atoms with Crippen molar-refractivity contribution in [2.24, 2.45) is 5.92 Å². The van der Waals surface area contributed by atoms with Crippen LogP contribution in [0.3, 0.4) is 0 Å². The van der Waals surface area contributed by atoms with Crippen LogP contribution in [0.15, 0.2) is 18.5 Å². The number of halogens is 1. The lowest BCUT2D eigenvalue weighted by Crippen LogP contribution is -2.24. The Bertz CT molecular complexity index is 301. The minimum atomic E-state index is 0.544. The van der Waals surface area contributed by atoms with Crippen LogP contribution in [0.5, 0.6) is 0 Å². The molecule has 1 atom stereocenters. The second kappa shape index (κ2) is 5.96. The number of rotatable bonds is 5. The molecule has 3 heteroatoms. The van der Waals surface area contributed by atoms with Crippen LogP contribution in [0, 0.1) is 5.92 Å². The van der Waals surface area contributed by atoms with E-state index in [2.05, 4.69) is 30.8 Å². The summed E-state index contributed by atoms with van der Waals surface area (Å²) in [6.45, 7) is 5.52. The first kappa shape index (κ1) is 12.3. The highest BCUT2D eigenvalue weighted by molar-refractivity contribution is 6.17. The predicted octanol–water partition coefficient (Wildman–Crippen LogP) is 3.30. The third-order valence-electron chi connectivity index (χ3n) is 2.73. The molecular weight excluding hydrogens is 208 g/mol. The van der Waals surface area contributed by atoms with Gasteiger partial charge in [-0.05, 0) is 17.5 Å². The summed E-state index contributed by atoms with van der Waals surface area (Å²) in [5.74, 6) is 1.24. The third kappa shape index (κ3) is 3.38. The van der Waals surface area contributed by atoms with E-state index >= 15 is 0 Å². The minimum Gasteiger partial charge on any atom is -0.373 e. The smallest absolute Gasteiger partial charge is 0.0595 e. The molecule has 1 aromatic heterocycles. The molecular formula is C12H19ClN2. The highest BCUT2D eigenvalue weighted by Gasteiger charge is 2.09. The van der Waals surface area contributed by atoms with E-state index < -0.39 is 0 Å². The maximum atomic E-state index is 5.89. The van der Waals surface area contributed by atoms with E-state index in [-0.39, 0.29) is 0 Å². The second-order valence-electron chi connectivity index (χ2n) is 4.03. The summed E-state index contributed by atoms with van der Waals surface area (Å²) in [7, 11) is 2.10. The quantitative estimate of drug-likeness (QED) is 0.717. The Balaban J connectivity index is 2.76. The summed E-state index contributed by atoms with van der Waals surface area (Å²) in [4.78, 5) is 6.38. The van der Waals surface area contributed by atoms with E-state index in [0.29, 0.717) is 11.8 Å². The topological polar surface area (TPSA) is 16.1 Å². The summed E-state index contributed by atoms with van der Waals surface area (Å²) >= 11 is 5.89. The van der Waals surface area contributed by atoms with Crippen molar-refractivity contribution < 1.29 is 0 Å². The fourth-order valence-electron chi connectivity index (χ4n) is 1.57. The predicted molar refractivity (Wildman–Crippen MR) is 66.5 cm³/mol. The normalized spacial score (nSPS) is 12.5. The van der Waals surface area contributed by atoms with Gasteiger partial charge >= 0.3 is 0 Å². The monoisotopic (exact) mass is 226 g/mol. The van der Waals surface area contributed by atoms with Crippen LogP contribution in [0.25, 0.3) is 0 Å². The first-order chi connectivity index (χ1) is 7.19. The van der Waals surface area contributed by atoms with Gasteiger partial charge in [0.15, 0.2) is 0 Å². The van der Waals surface area contributed by atoms with Crippen LogP contribution in [0.1, 0.15) is 25.8 Å². The molecule has 0 aliphatic heterocycles. The van der Waals surface area contributed by atoms with Gasteiger partial charge in [0.2, 0.25) is 0 Å². The molecule has 0 radical (unpaired) electrons. The lowest BCUT2D eigenvalue weighted by Gasteiger charge is -2.24. The molecule has 15 heavy (non-hydrogen) atoms. The summed E-state index contributed by atoms with van der Waals surface area (Å²) < 4.78 is 0. The Morgan fingerprint density at radius 3 is 2.87 bits per heavy atom. The molecule has 1 aromatic rings. The molecule has 0 saturated heterocycles. The Morgan fingerprint density at radius 1 is 1.53 bits per heavy atom. The van der Waals surface area contributed by atoms with Crippen LogP contribution < -0.4 is 4.90 Å². The molecule has 84 valence electrons. The van der Waals surface area contributed by atoms with E-state index in [1.165, 1.54) is 6.42 Å². The standard InChI is InChI=1S/C12H19ClN2/c1-4-10(2)9-15(3)12-8-14-6-5-11(12)7-13/h5-6,8,10H,4,7,9H2,1-3H3. The highest BCUT2D eigenvalue weighted by atomic mass is 35.5. The van der Waals surface area contributed by atoms with Crippen molar-refractivity contribution in [3.63, 3.8) is 0 Å². The SMILES string of the molecule is CCC(C)CN(C)c1cnccc1CCl. The zero-order valence-corrected chi connectivity index (χ0v) is 10.5. The van der Waals surface area contributed by atoms with Crippen LogP contribution in [-0.2, 0) is 5.88 Å². The van der Waals surface area contributed by atoms with E-state index in [9.17, 15) is 0 Å². The summed E-state index contributed by atoms with van der Waals surface area (Å²) in [6.07, 6.45) is 4.87. The van der Waals surface area contributed by atoms with Crippen molar-refractivity contribution in [1.29, 1.82) is 0 Å². The van der Waals surface area contributed by atoms with E-state index in [4.69, 9.17) is 11.6 Å². The first-order valence-electron chi connectivity index (χ1n) is 5.39. The summed E-state index contributed by atoms with van der Waals surface area (Å²) in [5, 5.41) is 0. The van der Waals surface area contributed by atoms with Gasteiger partial charge in [0, 0.05) is 25.7 Å². The summed E-state index contributed by atoms with van der Waals surface area (Å²) in [5.41, 5.74) is 2.30. The molecule has 1 unspecified atom stereocenters. The maximum absolute atomic E-state index is 5.89. The van der Waals surface area contributed by atoms with Gasteiger partial charge in [0.25, 0.3) is 0 Å². The number of nitrogens with zero attached hydrogens (tertiary/aromatic N) is 2. The van der Waals surface area contributed by atoms with Crippen LogP contribution >= 0.6 is 11.6 Å². The number of alkyl halides is 1. The van der Waals surface area contributed by atoms with Gasteiger partial charge in [-0.1, -0.05) is 20.3 Å². The van der Waals surface area contributed by atoms with Crippen molar-refractivity contribution in [1.82, 2.24) is 4.98 Å². The molecule has 0 aliphatic carbocycles. The van der Waals surface area contributed by atoms with Gasteiger partial charge in [-0.15, -0.1) is 11.6 Å². The maximum Gasteiger partial charge on any atom is 0.0595 e. The van der Waals surface area contributed by atoms with Gasteiger partial charge in [0.1, 0.15) is 0 Å². The largest absolute Gasteiger partial charge is 0.373 e. The van der Waals surface area contributed by atoms with E-state index in [0.717, 1.165) is 17.8 Å². The van der Waals surface area contributed by atoms with Crippen LogP contribution in [0.2, 0.25) is 0 Å². The zero-order valence-electron chi connectivity index (χ0n) is 9.70. The lowest BCUT2D eigenvalue weighted by atomic mass is 10.1. The molecule has 1 rings (SSSR count). The molecule has 0 bridgehead atoms. The van der Waals surface area contributed by atoms with Gasteiger partial charge in [0.05, 0.1) is 11.9 Å². The van der Waals surface area contributed by atoms with Crippen LogP contribution in [0.4, 0.5) is 5.69 Å². The number of hydrogen-bond acceptors (Lipinski definition) is 2. The average molecular weight is 227 g/mol. The number of pyridine rings is 1. The minimum absolute atomic E-state index is 0.544. The molecule has 0 fully saturated rings. The van der Waals surface area contributed by atoms with Crippen molar-refractivity contribution in [2.45, 2.75) is 26.1 Å². The molecule has 0 N–H and O–H groups in total. The average Bonchev–Trinajstić information content (AvgIpc) is 2.28. The number of hydrogen-bond donors (Lipinski definition) is 0. The zero-order chi connectivity index (χ0) is 11.3. The first-order valence-corrected chi connectivity index (χ1v) is 5.92.